The van der Waals surface area contributed by atoms with Crippen LogP contribution in [0.25, 0.3) is 0 Å². The minimum atomic E-state index is -1.18. The Kier molecular flexibility index (Phi) is 6.26. The van der Waals surface area contributed by atoms with Crippen molar-refractivity contribution in [1.82, 2.24) is 15.1 Å². The standard InChI is InChI=1S/C23H30ClN3O4/c1-26(22(30)31)23(14-25-13-19(23)15-5-7-18(24)8-6-15)20(28)16-9-11-27(12-10-16)21(29)17-3-2-4-17/h5-8,16-17,19,25H,2-4,9-14H2,1H3,(H,30,31)/t19-,23+/m0/s1. The molecule has 3 fully saturated rings. The number of ketones is 1. The van der Waals surface area contributed by atoms with Gasteiger partial charge in [-0.2, -0.15) is 0 Å². The molecule has 0 unspecified atom stereocenters. The van der Waals surface area contributed by atoms with Gasteiger partial charge in [0.25, 0.3) is 0 Å². The van der Waals surface area contributed by atoms with Gasteiger partial charge in [-0.1, -0.05) is 30.2 Å². The van der Waals surface area contributed by atoms with E-state index in [1.54, 1.807) is 12.1 Å². The van der Waals surface area contributed by atoms with Crippen LogP contribution in [0, 0.1) is 11.8 Å². The second-order valence-corrected chi connectivity index (χ2v) is 9.53. The number of nitrogens with zero attached hydrogens (tertiary/aromatic N) is 2. The van der Waals surface area contributed by atoms with E-state index < -0.39 is 11.6 Å². The summed E-state index contributed by atoms with van der Waals surface area (Å²) in [4.78, 5) is 41.6. The molecule has 2 aliphatic heterocycles. The van der Waals surface area contributed by atoms with Gasteiger partial charge in [0.15, 0.2) is 5.78 Å². The Hall–Kier alpha value is -2.12. The van der Waals surface area contributed by atoms with Crippen molar-refractivity contribution in [2.75, 3.05) is 33.2 Å². The fourth-order valence-corrected chi connectivity index (χ4v) is 5.49. The molecule has 0 radical (unpaired) electrons. The van der Waals surface area contributed by atoms with E-state index >= 15 is 0 Å². The predicted octanol–water partition coefficient (Wildman–Crippen LogP) is 2.98. The fraction of sp³-hybridized carbons (Fsp3) is 0.609. The fourth-order valence-electron chi connectivity index (χ4n) is 5.36. The third kappa shape index (κ3) is 3.94. The summed E-state index contributed by atoms with van der Waals surface area (Å²) in [7, 11) is 1.49. The van der Waals surface area contributed by atoms with Gasteiger partial charge >= 0.3 is 6.09 Å². The van der Waals surface area contributed by atoms with Crippen LogP contribution in [0.3, 0.4) is 0 Å². The van der Waals surface area contributed by atoms with Gasteiger partial charge < -0.3 is 15.3 Å². The molecule has 2 saturated heterocycles. The van der Waals surface area contributed by atoms with Crippen LogP contribution in [0.1, 0.15) is 43.6 Å². The molecule has 3 aliphatic rings. The van der Waals surface area contributed by atoms with E-state index in [4.69, 9.17) is 11.6 Å². The molecule has 2 amide bonds. The Morgan fingerprint density at radius 1 is 1.10 bits per heavy atom. The number of piperidine rings is 1. The van der Waals surface area contributed by atoms with E-state index in [1.807, 2.05) is 17.0 Å². The Morgan fingerprint density at radius 2 is 1.74 bits per heavy atom. The smallest absolute Gasteiger partial charge is 0.407 e. The number of rotatable bonds is 5. The summed E-state index contributed by atoms with van der Waals surface area (Å²) < 4.78 is 0. The zero-order chi connectivity index (χ0) is 22.2. The van der Waals surface area contributed by atoms with Crippen LogP contribution in [0.4, 0.5) is 4.79 Å². The maximum absolute atomic E-state index is 13.9. The summed E-state index contributed by atoms with van der Waals surface area (Å²) in [6.45, 7) is 1.93. The number of carbonyl (C=O) groups is 3. The van der Waals surface area contributed by atoms with Crippen LogP contribution in [0.2, 0.25) is 5.02 Å². The quantitative estimate of drug-likeness (QED) is 0.724. The molecular weight excluding hydrogens is 418 g/mol. The van der Waals surface area contributed by atoms with Crippen molar-refractivity contribution in [2.24, 2.45) is 11.8 Å². The summed E-state index contributed by atoms with van der Waals surface area (Å²) in [6, 6.07) is 7.29. The Balaban J connectivity index is 1.56. The van der Waals surface area contributed by atoms with E-state index in [-0.39, 0.29) is 36.0 Å². The van der Waals surface area contributed by atoms with Gasteiger partial charge in [0.2, 0.25) is 5.91 Å². The first-order valence-corrected chi connectivity index (χ1v) is 11.5. The molecule has 168 valence electrons. The van der Waals surface area contributed by atoms with E-state index in [0.29, 0.717) is 37.5 Å². The summed E-state index contributed by atoms with van der Waals surface area (Å²) in [5, 5.41) is 13.7. The van der Waals surface area contributed by atoms with Gasteiger partial charge in [0, 0.05) is 56.0 Å². The number of halogens is 1. The maximum Gasteiger partial charge on any atom is 0.407 e. The molecule has 7 nitrogen and oxygen atoms in total. The average molecular weight is 448 g/mol. The van der Waals surface area contributed by atoms with Crippen molar-refractivity contribution in [3.63, 3.8) is 0 Å². The summed E-state index contributed by atoms with van der Waals surface area (Å²) in [6.07, 6.45) is 3.11. The predicted molar refractivity (Wildman–Crippen MR) is 117 cm³/mol. The molecular formula is C23H30ClN3O4. The lowest BCUT2D eigenvalue weighted by atomic mass is 9.72. The number of Topliss-reactive ketones (excluding diaryl/α,β-unsaturated/α-hetero) is 1. The Bertz CT molecular complexity index is 849. The lowest BCUT2D eigenvalue weighted by molar-refractivity contribution is -0.143. The maximum atomic E-state index is 13.9. The molecule has 1 aromatic carbocycles. The van der Waals surface area contributed by atoms with Crippen molar-refractivity contribution in [3.8, 4) is 0 Å². The van der Waals surface area contributed by atoms with Crippen molar-refractivity contribution in [3.05, 3.63) is 34.9 Å². The molecule has 0 aromatic heterocycles. The highest BCUT2D eigenvalue weighted by Crippen LogP contribution is 2.41. The molecule has 1 aliphatic carbocycles. The van der Waals surface area contributed by atoms with Crippen LogP contribution < -0.4 is 5.32 Å². The van der Waals surface area contributed by atoms with Gasteiger partial charge in [0.1, 0.15) is 5.54 Å². The van der Waals surface area contributed by atoms with Gasteiger partial charge in [-0.3, -0.25) is 14.5 Å². The van der Waals surface area contributed by atoms with Gasteiger partial charge in [-0.15, -0.1) is 0 Å². The molecule has 0 spiro atoms. The molecule has 8 heteroatoms. The number of amides is 2. The average Bonchev–Trinajstić information content (AvgIpc) is 3.18. The third-order valence-electron chi connectivity index (χ3n) is 7.54. The van der Waals surface area contributed by atoms with Crippen LogP contribution in [0.15, 0.2) is 24.3 Å². The van der Waals surface area contributed by atoms with Crippen LogP contribution in [-0.2, 0) is 9.59 Å². The van der Waals surface area contributed by atoms with Gasteiger partial charge in [0.05, 0.1) is 0 Å². The molecule has 1 aromatic rings. The van der Waals surface area contributed by atoms with Crippen LogP contribution in [0.5, 0.6) is 0 Å². The number of carbonyl (C=O) groups excluding carboxylic acids is 2. The zero-order valence-electron chi connectivity index (χ0n) is 17.8. The topological polar surface area (TPSA) is 90.0 Å². The normalized spacial score (nSPS) is 27.0. The molecule has 2 N–H and O–H groups in total. The van der Waals surface area contributed by atoms with E-state index in [1.165, 1.54) is 11.9 Å². The number of hydrogen-bond donors (Lipinski definition) is 2. The number of carboxylic acid groups (broad SMARTS) is 1. The second kappa shape index (κ2) is 8.79. The lowest BCUT2D eigenvalue weighted by Gasteiger charge is -2.44. The molecule has 4 rings (SSSR count). The van der Waals surface area contributed by atoms with E-state index in [0.717, 1.165) is 24.8 Å². The number of likely N-dealkylation sites (tertiary alicyclic amines) is 1. The largest absolute Gasteiger partial charge is 0.465 e. The first kappa shape index (κ1) is 22.1. The first-order valence-electron chi connectivity index (χ1n) is 11.1. The van der Waals surface area contributed by atoms with Crippen LogP contribution >= 0.6 is 11.6 Å². The molecule has 1 saturated carbocycles. The number of likely N-dealkylation sites (N-methyl/N-ethyl adjacent to an activating group) is 1. The Morgan fingerprint density at radius 3 is 2.29 bits per heavy atom. The molecule has 2 heterocycles. The highest BCUT2D eigenvalue weighted by molar-refractivity contribution is 6.30. The van der Waals surface area contributed by atoms with Crippen molar-refractivity contribution < 1.29 is 19.5 Å². The van der Waals surface area contributed by atoms with Crippen molar-refractivity contribution >= 4 is 29.4 Å². The number of hydrogen-bond acceptors (Lipinski definition) is 4. The number of benzene rings is 1. The minimum absolute atomic E-state index is 0.0434. The molecule has 2 atom stereocenters. The first-order chi connectivity index (χ1) is 14.8. The van der Waals surface area contributed by atoms with Gasteiger partial charge in [-0.05, 0) is 43.4 Å². The monoisotopic (exact) mass is 447 g/mol. The zero-order valence-corrected chi connectivity index (χ0v) is 18.6. The third-order valence-corrected chi connectivity index (χ3v) is 7.79. The molecule has 0 bridgehead atoms. The minimum Gasteiger partial charge on any atom is -0.465 e. The molecule has 31 heavy (non-hydrogen) atoms. The highest BCUT2D eigenvalue weighted by Gasteiger charge is 2.56. The summed E-state index contributed by atoms with van der Waals surface area (Å²) in [5.74, 6) is -0.228. The summed E-state index contributed by atoms with van der Waals surface area (Å²) >= 11 is 6.04. The number of nitrogens with one attached hydrogen (secondary N) is 1. The highest BCUT2D eigenvalue weighted by atomic mass is 35.5. The van der Waals surface area contributed by atoms with E-state index in [2.05, 4.69) is 5.32 Å². The van der Waals surface area contributed by atoms with Crippen molar-refractivity contribution in [2.45, 2.75) is 43.6 Å². The second-order valence-electron chi connectivity index (χ2n) is 9.09. The lowest BCUT2D eigenvalue weighted by Crippen LogP contribution is -2.62. The van der Waals surface area contributed by atoms with E-state index in [9.17, 15) is 19.5 Å². The van der Waals surface area contributed by atoms with Crippen LogP contribution in [-0.4, -0.2) is 71.5 Å². The summed E-state index contributed by atoms with van der Waals surface area (Å²) in [5.41, 5.74) is -0.279. The Labute approximate surface area is 187 Å². The van der Waals surface area contributed by atoms with Crippen molar-refractivity contribution in [1.29, 1.82) is 0 Å². The van der Waals surface area contributed by atoms with Gasteiger partial charge in [-0.25, -0.2) is 4.79 Å². The SMILES string of the molecule is CN(C(=O)O)[C@]1(C(=O)C2CCN(C(=O)C3CCC3)CC2)CNC[C@H]1c1ccc(Cl)cc1.